The molecule has 0 aromatic heterocycles. The van der Waals surface area contributed by atoms with Gasteiger partial charge in [-0.15, -0.1) is 0 Å². The normalized spacial score (nSPS) is 4.00. The van der Waals surface area contributed by atoms with Crippen LogP contribution in [-0.2, 0) is 0 Å². The SMILES string of the molecule is C.C.C.C.CC.CC.CCCC.CO.CO.CO.OCO.OCO. The van der Waals surface area contributed by atoms with E-state index in [0.717, 1.165) is 21.3 Å². The summed E-state index contributed by atoms with van der Waals surface area (Å²) >= 11 is 0. The van der Waals surface area contributed by atoms with Crippen LogP contribution in [0, 0.1) is 0 Å². The molecule has 7 heteroatoms. The van der Waals surface area contributed by atoms with Crippen LogP contribution in [0.25, 0.3) is 0 Å². The van der Waals surface area contributed by atoms with Gasteiger partial charge in [0.05, 0.1) is 0 Å². The molecule has 0 aliphatic carbocycles. The van der Waals surface area contributed by atoms with Crippen molar-refractivity contribution in [1.82, 2.24) is 0 Å². The summed E-state index contributed by atoms with van der Waals surface area (Å²) in [5.41, 5.74) is 0. The van der Waals surface area contributed by atoms with Gasteiger partial charge in [-0.25, -0.2) is 0 Å². The minimum Gasteiger partial charge on any atom is -0.400 e. The molecule has 0 radical (unpaired) electrons. The van der Waals surface area contributed by atoms with Gasteiger partial charge in [-0.05, 0) is 0 Å². The first kappa shape index (κ1) is 89.1. The number of hydrogen-bond acceptors (Lipinski definition) is 7. The molecule has 168 valence electrons. The molecule has 7 N–H and O–H groups in total. The van der Waals surface area contributed by atoms with E-state index in [1.54, 1.807) is 0 Å². The lowest BCUT2D eigenvalue weighted by Crippen LogP contribution is -1.66. The van der Waals surface area contributed by atoms with Gasteiger partial charge in [0.15, 0.2) is 0 Å². The maximum Gasteiger partial charge on any atom is 0.140 e. The summed E-state index contributed by atoms with van der Waals surface area (Å²) in [6.45, 7) is 10.9. The molecule has 0 aromatic rings. The van der Waals surface area contributed by atoms with Crippen molar-refractivity contribution in [3.05, 3.63) is 0 Å². The molecule has 0 aliphatic rings. The van der Waals surface area contributed by atoms with E-state index in [2.05, 4.69) is 13.8 Å². The zero-order valence-corrected chi connectivity index (χ0v) is 15.0. The summed E-state index contributed by atoms with van der Waals surface area (Å²) in [5.74, 6) is 0. The Bertz CT molecular complexity index is 32.9. The number of rotatable bonds is 1. The lowest BCUT2D eigenvalue weighted by atomic mass is 10.4. The third kappa shape index (κ3) is 18000. The number of hydrogen-bond donors (Lipinski definition) is 7. The van der Waals surface area contributed by atoms with Gasteiger partial charge >= 0.3 is 0 Å². The maximum absolute atomic E-state index is 7.12. The Morgan fingerprint density at radius 2 is 0.458 bits per heavy atom. The van der Waals surface area contributed by atoms with E-state index in [1.165, 1.54) is 12.8 Å². The van der Waals surface area contributed by atoms with Gasteiger partial charge in [0.2, 0.25) is 0 Å². The van der Waals surface area contributed by atoms with Crippen molar-refractivity contribution in [3.63, 3.8) is 0 Å². The standard InChI is InChI=1S/C4H10.2C2H6.2CH4O2.3CH4O.4CH4/c1-3-4-2;2*1-2;2*2-1-3;3*1-2;;;;/h3-4H2,1-2H3;2*1-2H3;2*2-3H,1H2;3*2H,1H3;4*1H4. The molecule has 0 amide bonds. The molecule has 24 heavy (non-hydrogen) atoms. The lowest BCUT2D eigenvalue weighted by Gasteiger charge is -1.68. The van der Waals surface area contributed by atoms with Crippen LogP contribution in [-0.4, -0.2) is 70.7 Å². The fourth-order valence-electron chi connectivity index (χ4n) is 0. The second kappa shape index (κ2) is 775. The van der Waals surface area contributed by atoms with Gasteiger partial charge in [0, 0.05) is 21.3 Å². The zero-order chi connectivity index (χ0) is 18.8. The fraction of sp³-hybridized carbons (Fsp3) is 1.00. The predicted octanol–water partition coefficient (Wildman–Crippen LogP) is 3.09. The maximum atomic E-state index is 7.12. The molecular formula is C17H58O7. The zero-order valence-electron chi connectivity index (χ0n) is 15.0. The van der Waals surface area contributed by atoms with Crippen molar-refractivity contribution in [3.8, 4) is 0 Å². The van der Waals surface area contributed by atoms with Crippen LogP contribution in [0.4, 0.5) is 0 Å². The minimum absolute atomic E-state index is 0. The molecule has 0 atom stereocenters. The third-order valence-corrected chi connectivity index (χ3v) is 0.500. The average Bonchev–Trinajstić information content (AvgIpc) is 2.58. The number of unbranched alkanes of at least 4 members (excludes halogenated alkanes) is 1. The van der Waals surface area contributed by atoms with Gasteiger partial charge in [-0.1, -0.05) is 84.1 Å². The summed E-state index contributed by atoms with van der Waals surface area (Å²) in [5, 5.41) is 49.5. The summed E-state index contributed by atoms with van der Waals surface area (Å²) < 4.78 is 0. The largest absolute Gasteiger partial charge is 0.400 e. The first-order chi connectivity index (χ1) is 9.74. The molecule has 7 nitrogen and oxygen atoms in total. The highest BCUT2D eigenvalue weighted by atomic mass is 16.5. The quantitative estimate of drug-likeness (QED) is 0.350. The van der Waals surface area contributed by atoms with Crippen LogP contribution in [0.5, 0.6) is 0 Å². The smallest absolute Gasteiger partial charge is 0.140 e. The fourth-order valence-corrected chi connectivity index (χ4v) is 0. The Balaban J connectivity index is -0.00000000681. The minimum atomic E-state index is -0.750. The molecule has 0 rings (SSSR count). The van der Waals surface area contributed by atoms with Crippen LogP contribution in [0.15, 0.2) is 0 Å². The van der Waals surface area contributed by atoms with E-state index in [4.69, 9.17) is 35.7 Å². The average molecular weight is 375 g/mol. The summed E-state index contributed by atoms with van der Waals surface area (Å²) in [6.07, 6.45) is 2.64. The molecular weight excluding hydrogens is 316 g/mol. The highest BCUT2D eigenvalue weighted by Gasteiger charge is 1.56. The van der Waals surface area contributed by atoms with Crippen molar-refractivity contribution in [2.24, 2.45) is 0 Å². The number of aliphatic hydroxyl groups is 7. The first-order valence-corrected chi connectivity index (χ1v) is 6.52. The summed E-state index contributed by atoms with van der Waals surface area (Å²) in [7, 11) is 3.00. The molecule has 0 aliphatic heterocycles. The van der Waals surface area contributed by atoms with Gasteiger partial charge in [-0.2, -0.15) is 0 Å². The molecule has 0 heterocycles. The Morgan fingerprint density at radius 3 is 0.458 bits per heavy atom. The highest BCUT2D eigenvalue weighted by molar-refractivity contribution is 4.12. The van der Waals surface area contributed by atoms with Gasteiger partial charge < -0.3 is 35.7 Å². The Labute approximate surface area is 155 Å². The van der Waals surface area contributed by atoms with Crippen LogP contribution in [0.3, 0.4) is 0 Å². The van der Waals surface area contributed by atoms with E-state index < -0.39 is 13.6 Å². The first-order valence-electron chi connectivity index (χ1n) is 6.52. The lowest BCUT2D eigenvalue weighted by molar-refractivity contribution is 0.0767. The Hall–Kier alpha value is -0.280. The number of aliphatic hydroxyl groups excluding tert-OH is 5. The Kier molecular flexibility index (Phi) is 2880. The molecule has 0 saturated heterocycles. The van der Waals surface area contributed by atoms with Crippen molar-refractivity contribution in [2.75, 3.05) is 34.9 Å². The Morgan fingerprint density at radius 1 is 0.417 bits per heavy atom. The van der Waals surface area contributed by atoms with E-state index in [1.807, 2.05) is 27.7 Å². The van der Waals surface area contributed by atoms with Crippen molar-refractivity contribution < 1.29 is 35.7 Å². The van der Waals surface area contributed by atoms with Crippen LogP contribution >= 0.6 is 0 Å². The highest BCUT2D eigenvalue weighted by Crippen LogP contribution is 1.76. The van der Waals surface area contributed by atoms with Crippen molar-refractivity contribution in [2.45, 2.75) is 84.1 Å². The van der Waals surface area contributed by atoms with Gasteiger partial charge in [0.25, 0.3) is 0 Å². The monoisotopic (exact) mass is 374 g/mol. The second-order valence-corrected chi connectivity index (χ2v) is 1.28. The van der Waals surface area contributed by atoms with Gasteiger partial charge in [0.1, 0.15) is 13.6 Å². The van der Waals surface area contributed by atoms with E-state index in [9.17, 15) is 0 Å². The van der Waals surface area contributed by atoms with E-state index >= 15 is 0 Å². The predicted molar refractivity (Wildman–Crippen MR) is 113 cm³/mol. The van der Waals surface area contributed by atoms with Crippen LogP contribution in [0.2, 0.25) is 0 Å². The van der Waals surface area contributed by atoms with Crippen molar-refractivity contribution >= 4 is 0 Å². The molecule has 0 bridgehead atoms. The molecule has 0 aromatic carbocycles. The molecule has 0 fully saturated rings. The molecule has 0 saturated carbocycles. The van der Waals surface area contributed by atoms with E-state index in [-0.39, 0.29) is 29.7 Å². The van der Waals surface area contributed by atoms with Crippen LogP contribution in [0.1, 0.15) is 84.1 Å². The summed E-state index contributed by atoms with van der Waals surface area (Å²) in [4.78, 5) is 0. The molecule has 0 spiro atoms. The van der Waals surface area contributed by atoms with E-state index in [0.29, 0.717) is 0 Å². The van der Waals surface area contributed by atoms with Crippen molar-refractivity contribution in [1.29, 1.82) is 0 Å². The topological polar surface area (TPSA) is 142 Å². The van der Waals surface area contributed by atoms with Crippen LogP contribution < -0.4 is 0 Å². The third-order valence-electron chi connectivity index (χ3n) is 0.500. The van der Waals surface area contributed by atoms with Gasteiger partial charge in [-0.3, -0.25) is 0 Å². The molecule has 0 unspecified atom stereocenters. The summed E-state index contributed by atoms with van der Waals surface area (Å²) in [6, 6.07) is 0. The second-order valence-electron chi connectivity index (χ2n) is 1.28.